The van der Waals surface area contributed by atoms with Crippen LogP contribution < -0.4 is 5.32 Å². The number of piperidine rings is 1. The lowest BCUT2D eigenvalue weighted by Crippen LogP contribution is -2.40. The van der Waals surface area contributed by atoms with Gasteiger partial charge in [0.15, 0.2) is 0 Å². The van der Waals surface area contributed by atoms with Crippen molar-refractivity contribution in [1.29, 1.82) is 0 Å². The molecule has 0 aliphatic carbocycles. The average Bonchev–Trinajstić information content (AvgIpc) is 2.98. The van der Waals surface area contributed by atoms with Gasteiger partial charge in [0.25, 0.3) is 5.91 Å². The molecular weight excluding hydrogens is 544 g/mol. The Kier molecular flexibility index (Phi) is 9.25. The number of hydrogen-bond donors (Lipinski definition) is 1. The molecule has 208 valence electrons. The van der Waals surface area contributed by atoms with Crippen molar-refractivity contribution < 1.29 is 9.18 Å². The minimum absolute atomic E-state index is 0.0654. The minimum atomic E-state index is -0.328. The number of anilines is 1. The lowest BCUT2D eigenvalue weighted by Gasteiger charge is -2.34. The number of carbonyl (C=O) groups is 1. The fourth-order valence-electron chi connectivity index (χ4n) is 5.61. The van der Waals surface area contributed by atoms with E-state index in [0.717, 1.165) is 44.5 Å². The first-order valence-corrected chi connectivity index (χ1v) is 14.6. The van der Waals surface area contributed by atoms with Gasteiger partial charge in [0.2, 0.25) is 0 Å². The molecule has 4 aromatic carbocycles. The summed E-state index contributed by atoms with van der Waals surface area (Å²) in [5.41, 5.74) is 2.72. The van der Waals surface area contributed by atoms with Gasteiger partial charge >= 0.3 is 0 Å². The van der Waals surface area contributed by atoms with Crippen molar-refractivity contribution >= 4 is 45.6 Å². The largest absolute Gasteiger partial charge is 0.382 e. The van der Waals surface area contributed by atoms with Crippen LogP contribution in [0.15, 0.2) is 84.9 Å². The molecule has 1 heterocycles. The van der Waals surface area contributed by atoms with Crippen molar-refractivity contribution in [3.63, 3.8) is 0 Å². The zero-order valence-corrected chi connectivity index (χ0v) is 24.1. The summed E-state index contributed by atoms with van der Waals surface area (Å²) in [6.07, 6.45) is 3.04. The predicted molar refractivity (Wildman–Crippen MR) is 164 cm³/mol. The molecule has 1 N–H and O–H groups in total. The molecule has 4 nitrogen and oxygen atoms in total. The number of rotatable bonds is 9. The van der Waals surface area contributed by atoms with Crippen molar-refractivity contribution in [2.45, 2.75) is 31.2 Å². The third-order valence-corrected chi connectivity index (χ3v) is 8.62. The van der Waals surface area contributed by atoms with Gasteiger partial charge in [-0.25, -0.2) is 4.39 Å². The Bertz CT molecular complexity index is 1460. The van der Waals surface area contributed by atoms with Crippen molar-refractivity contribution in [2.24, 2.45) is 0 Å². The van der Waals surface area contributed by atoms with E-state index in [1.165, 1.54) is 11.8 Å². The van der Waals surface area contributed by atoms with Crippen molar-refractivity contribution in [3.8, 4) is 0 Å². The topological polar surface area (TPSA) is 35.6 Å². The monoisotopic (exact) mass is 577 g/mol. The minimum Gasteiger partial charge on any atom is -0.382 e. The maximum absolute atomic E-state index is 14.4. The molecule has 0 saturated carbocycles. The Morgan fingerprint density at radius 3 is 2.38 bits per heavy atom. The van der Waals surface area contributed by atoms with Crippen LogP contribution in [0.3, 0.4) is 0 Å². The van der Waals surface area contributed by atoms with E-state index in [0.29, 0.717) is 39.0 Å². The Labute approximate surface area is 245 Å². The maximum atomic E-state index is 14.4. The SMILES string of the molecule is CN(CC(CCN1CCC(Nc2ccccc2)CC1)c1ccc(Cl)c(Cl)c1)C(=O)c1ccc(F)c2ccccc12. The van der Waals surface area contributed by atoms with Crippen LogP contribution in [-0.2, 0) is 0 Å². The second-order valence-corrected chi connectivity index (χ2v) is 11.4. The summed E-state index contributed by atoms with van der Waals surface area (Å²) in [5, 5.41) is 5.75. The summed E-state index contributed by atoms with van der Waals surface area (Å²) in [7, 11) is 1.81. The molecule has 1 saturated heterocycles. The second-order valence-electron chi connectivity index (χ2n) is 10.6. The van der Waals surface area contributed by atoms with E-state index in [4.69, 9.17) is 23.2 Å². The van der Waals surface area contributed by atoms with Crippen molar-refractivity contribution in [1.82, 2.24) is 9.80 Å². The number of nitrogens with zero attached hydrogens (tertiary/aromatic N) is 2. The zero-order chi connectivity index (χ0) is 28.1. The van der Waals surface area contributed by atoms with Crippen LogP contribution >= 0.6 is 23.2 Å². The molecule has 1 fully saturated rings. The molecule has 1 aliphatic heterocycles. The molecule has 7 heteroatoms. The Hall–Kier alpha value is -3.12. The third-order valence-electron chi connectivity index (χ3n) is 7.88. The first-order chi connectivity index (χ1) is 19.4. The number of halogens is 3. The third kappa shape index (κ3) is 6.77. The molecule has 5 rings (SSSR count). The highest BCUT2D eigenvalue weighted by Gasteiger charge is 2.24. The number of carbonyl (C=O) groups excluding carboxylic acids is 1. The molecule has 0 spiro atoms. The number of para-hydroxylation sites is 1. The lowest BCUT2D eigenvalue weighted by atomic mass is 9.93. The fourth-order valence-corrected chi connectivity index (χ4v) is 5.91. The Balaban J connectivity index is 1.26. The number of likely N-dealkylation sites (tertiary alicyclic amines) is 1. The van der Waals surface area contributed by atoms with E-state index in [2.05, 4.69) is 34.5 Å². The number of likely N-dealkylation sites (N-methyl/N-ethyl adjacent to an activating group) is 1. The van der Waals surface area contributed by atoms with Crippen LogP contribution in [-0.4, -0.2) is 55.0 Å². The summed E-state index contributed by atoms with van der Waals surface area (Å²) >= 11 is 12.6. The van der Waals surface area contributed by atoms with Crippen LogP contribution in [0.25, 0.3) is 10.8 Å². The van der Waals surface area contributed by atoms with Gasteiger partial charge in [0.05, 0.1) is 10.0 Å². The van der Waals surface area contributed by atoms with Crippen molar-refractivity contribution in [3.05, 3.63) is 112 Å². The molecule has 40 heavy (non-hydrogen) atoms. The lowest BCUT2D eigenvalue weighted by molar-refractivity contribution is 0.0783. The second kappa shape index (κ2) is 13.0. The van der Waals surface area contributed by atoms with Gasteiger partial charge < -0.3 is 15.1 Å². The van der Waals surface area contributed by atoms with Gasteiger partial charge in [-0.15, -0.1) is 0 Å². The number of nitrogens with one attached hydrogen (secondary N) is 1. The summed E-state index contributed by atoms with van der Waals surface area (Å²) in [6.45, 7) is 3.48. The summed E-state index contributed by atoms with van der Waals surface area (Å²) < 4.78 is 14.4. The van der Waals surface area contributed by atoms with Crippen LogP contribution in [0.1, 0.15) is 41.1 Å². The summed E-state index contributed by atoms with van der Waals surface area (Å²) in [4.78, 5) is 17.8. The van der Waals surface area contributed by atoms with Gasteiger partial charge in [0, 0.05) is 55.3 Å². The van der Waals surface area contributed by atoms with Gasteiger partial charge in [0.1, 0.15) is 5.82 Å². The van der Waals surface area contributed by atoms with E-state index in [1.807, 2.05) is 37.4 Å². The Morgan fingerprint density at radius 2 is 1.65 bits per heavy atom. The zero-order valence-electron chi connectivity index (χ0n) is 22.6. The molecule has 1 atom stereocenters. The normalized spacial score (nSPS) is 15.2. The van der Waals surface area contributed by atoms with Gasteiger partial charge in [-0.1, -0.05) is 71.7 Å². The maximum Gasteiger partial charge on any atom is 0.254 e. The average molecular weight is 579 g/mol. The fraction of sp³-hybridized carbons (Fsp3) is 0.303. The van der Waals surface area contributed by atoms with Gasteiger partial charge in [-0.05, 0) is 73.2 Å². The molecule has 0 bridgehead atoms. The van der Waals surface area contributed by atoms with E-state index in [9.17, 15) is 9.18 Å². The van der Waals surface area contributed by atoms with E-state index >= 15 is 0 Å². The smallest absolute Gasteiger partial charge is 0.254 e. The van der Waals surface area contributed by atoms with E-state index in [-0.39, 0.29) is 17.6 Å². The predicted octanol–water partition coefficient (Wildman–Crippen LogP) is 8.11. The number of benzene rings is 4. The van der Waals surface area contributed by atoms with E-state index in [1.54, 1.807) is 29.2 Å². The van der Waals surface area contributed by atoms with Gasteiger partial charge in [-0.2, -0.15) is 0 Å². The number of amides is 1. The molecular formula is C33H34Cl2FN3O. The molecule has 1 aliphatic rings. The first kappa shape index (κ1) is 28.4. The number of hydrogen-bond acceptors (Lipinski definition) is 3. The quantitative estimate of drug-likeness (QED) is 0.218. The molecule has 1 amide bonds. The highest BCUT2D eigenvalue weighted by Crippen LogP contribution is 2.30. The van der Waals surface area contributed by atoms with Crippen LogP contribution in [0.4, 0.5) is 10.1 Å². The molecule has 0 aromatic heterocycles. The van der Waals surface area contributed by atoms with Crippen LogP contribution in [0, 0.1) is 5.82 Å². The van der Waals surface area contributed by atoms with E-state index < -0.39 is 0 Å². The molecule has 4 aromatic rings. The summed E-state index contributed by atoms with van der Waals surface area (Å²) in [6, 6.07) is 26.6. The standard InChI is InChI=1S/C33H34Cl2FN3O/c1-38(33(40)29-12-14-32(36)28-10-6-5-9-27(28)29)22-24(23-11-13-30(34)31(35)21-23)15-18-39-19-16-26(17-20-39)37-25-7-3-2-4-8-25/h2-14,21,24,26,37H,15-20,22H2,1H3. The highest BCUT2D eigenvalue weighted by molar-refractivity contribution is 6.42. The number of fused-ring (bicyclic) bond motifs is 1. The van der Waals surface area contributed by atoms with Crippen LogP contribution in [0.5, 0.6) is 0 Å². The van der Waals surface area contributed by atoms with Crippen LogP contribution in [0.2, 0.25) is 10.0 Å². The molecule has 0 radical (unpaired) electrons. The Morgan fingerprint density at radius 1 is 0.950 bits per heavy atom. The highest BCUT2D eigenvalue weighted by atomic mass is 35.5. The molecule has 1 unspecified atom stereocenters. The summed E-state index contributed by atoms with van der Waals surface area (Å²) in [5.74, 6) is -0.393. The van der Waals surface area contributed by atoms with Gasteiger partial charge in [-0.3, -0.25) is 4.79 Å². The van der Waals surface area contributed by atoms with Crippen molar-refractivity contribution in [2.75, 3.05) is 38.5 Å². The first-order valence-electron chi connectivity index (χ1n) is 13.8.